The Morgan fingerprint density at radius 2 is 2.17 bits per heavy atom. The Hall–Kier alpha value is -1.06. The number of benzene rings is 1. The highest BCUT2D eigenvalue weighted by Crippen LogP contribution is 2.23. The molecule has 18 heavy (non-hydrogen) atoms. The van der Waals surface area contributed by atoms with Crippen LogP contribution in [0.2, 0.25) is 5.02 Å². The Morgan fingerprint density at radius 3 is 2.61 bits per heavy atom. The van der Waals surface area contributed by atoms with E-state index in [9.17, 15) is 8.42 Å². The van der Waals surface area contributed by atoms with Gasteiger partial charge in [0.15, 0.2) is 0 Å². The Labute approximate surface area is 112 Å². The summed E-state index contributed by atoms with van der Waals surface area (Å²) in [6, 6.07) is 4.21. The highest BCUT2D eigenvalue weighted by atomic mass is 35.5. The van der Waals surface area contributed by atoms with E-state index < -0.39 is 10.0 Å². The first-order valence-electron chi connectivity index (χ1n) is 5.30. The van der Waals surface area contributed by atoms with E-state index in [1.165, 1.54) is 22.5 Å². The third kappa shape index (κ3) is 3.03. The summed E-state index contributed by atoms with van der Waals surface area (Å²) in [4.78, 5) is 0.0711. The number of hydrogen-bond donors (Lipinski definition) is 1. The standard InChI is InChI=1S/C12H14ClNO3S/c1-3-7-14(4-2)18(16,17)11-6-5-10(9-15)12(13)8-11/h1,5-6,8,15H,4,7,9H2,2H3. The molecule has 0 bridgehead atoms. The van der Waals surface area contributed by atoms with Crippen LogP contribution >= 0.6 is 11.6 Å². The smallest absolute Gasteiger partial charge is 0.243 e. The van der Waals surface area contributed by atoms with E-state index in [0.29, 0.717) is 5.56 Å². The fraction of sp³-hybridized carbons (Fsp3) is 0.333. The first-order chi connectivity index (χ1) is 8.47. The topological polar surface area (TPSA) is 57.6 Å². The van der Waals surface area contributed by atoms with Crippen molar-refractivity contribution in [1.29, 1.82) is 0 Å². The second-order valence-corrected chi connectivity index (χ2v) is 5.89. The Morgan fingerprint density at radius 1 is 1.50 bits per heavy atom. The molecule has 0 spiro atoms. The van der Waals surface area contributed by atoms with E-state index in [-0.39, 0.29) is 29.6 Å². The molecule has 0 atom stereocenters. The molecule has 1 rings (SSSR count). The van der Waals surface area contributed by atoms with Crippen LogP contribution in [0.5, 0.6) is 0 Å². The number of sulfonamides is 1. The first kappa shape index (κ1) is 15.0. The average molecular weight is 288 g/mol. The van der Waals surface area contributed by atoms with Crippen molar-refractivity contribution in [2.75, 3.05) is 13.1 Å². The van der Waals surface area contributed by atoms with E-state index in [2.05, 4.69) is 5.92 Å². The van der Waals surface area contributed by atoms with Crippen molar-refractivity contribution in [2.24, 2.45) is 0 Å². The van der Waals surface area contributed by atoms with Gasteiger partial charge in [-0.3, -0.25) is 0 Å². The fourth-order valence-electron chi connectivity index (χ4n) is 1.43. The summed E-state index contributed by atoms with van der Waals surface area (Å²) in [6.45, 7) is 1.77. The maximum atomic E-state index is 12.2. The van der Waals surface area contributed by atoms with Crippen LogP contribution in [-0.4, -0.2) is 30.9 Å². The minimum atomic E-state index is -3.64. The number of rotatable bonds is 5. The van der Waals surface area contributed by atoms with Crippen LogP contribution in [0, 0.1) is 12.3 Å². The van der Waals surface area contributed by atoms with Gasteiger partial charge in [-0.05, 0) is 17.7 Å². The lowest BCUT2D eigenvalue weighted by Gasteiger charge is -2.18. The lowest BCUT2D eigenvalue weighted by Crippen LogP contribution is -2.31. The van der Waals surface area contributed by atoms with Crippen LogP contribution in [0.3, 0.4) is 0 Å². The van der Waals surface area contributed by atoms with E-state index >= 15 is 0 Å². The number of aliphatic hydroxyl groups excluding tert-OH is 1. The molecule has 0 saturated heterocycles. The molecule has 98 valence electrons. The van der Waals surface area contributed by atoms with Crippen molar-refractivity contribution < 1.29 is 13.5 Å². The zero-order chi connectivity index (χ0) is 13.8. The monoisotopic (exact) mass is 287 g/mol. The predicted molar refractivity (Wildman–Crippen MR) is 70.6 cm³/mol. The van der Waals surface area contributed by atoms with Crippen LogP contribution in [0.1, 0.15) is 12.5 Å². The first-order valence-corrected chi connectivity index (χ1v) is 7.12. The summed E-state index contributed by atoms with van der Waals surface area (Å²) in [5.74, 6) is 2.31. The van der Waals surface area contributed by atoms with Crippen LogP contribution < -0.4 is 0 Å². The van der Waals surface area contributed by atoms with Gasteiger partial charge in [-0.15, -0.1) is 6.42 Å². The van der Waals surface area contributed by atoms with Gasteiger partial charge in [-0.1, -0.05) is 30.5 Å². The molecule has 0 amide bonds. The highest BCUT2D eigenvalue weighted by molar-refractivity contribution is 7.89. The number of nitrogens with zero attached hydrogens (tertiary/aromatic N) is 1. The van der Waals surface area contributed by atoms with E-state index in [4.69, 9.17) is 23.1 Å². The minimum absolute atomic E-state index is 0.0121. The van der Waals surface area contributed by atoms with E-state index in [0.717, 1.165) is 0 Å². The van der Waals surface area contributed by atoms with Crippen molar-refractivity contribution in [1.82, 2.24) is 4.31 Å². The van der Waals surface area contributed by atoms with Crippen molar-refractivity contribution in [2.45, 2.75) is 18.4 Å². The quantitative estimate of drug-likeness (QED) is 0.835. The Bertz CT molecular complexity index is 563. The van der Waals surface area contributed by atoms with Gasteiger partial charge in [-0.25, -0.2) is 8.42 Å². The normalized spacial score (nSPS) is 11.5. The van der Waals surface area contributed by atoms with Crippen LogP contribution in [-0.2, 0) is 16.6 Å². The summed E-state index contributed by atoms with van der Waals surface area (Å²) in [7, 11) is -3.64. The van der Waals surface area contributed by atoms with Gasteiger partial charge in [0.05, 0.1) is 18.0 Å². The highest BCUT2D eigenvalue weighted by Gasteiger charge is 2.22. The molecule has 1 aromatic carbocycles. The zero-order valence-corrected chi connectivity index (χ0v) is 11.5. The van der Waals surface area contributed by atoms with Crippen molar-refractivity contribution in [3.63, 3.8) is 0 Å². The number of terminal acetylenes is 1. The molecular formula is C12H14ClNO3S. The van der Waals surface area contributed by atoms with E-state index in [1.807, 2.05) is 0 Å². The molecule has 1 aromatic rings. The lowest BCUT2D eigenvalue weighted by molar-refractivity contribution is 0.282. The molecule has 4 nitrogen and oxygen atoms in total. The number of hydrogen-bond acceptors (Lipinski definition) is 3. The number of aliphatic hydroxyl groups is 1. The summed E-state index contributed by atoms with van der Waals surface area (Å²) in [6.07, 6.45) is 5.14. The zero-order valence-electron chi connectivity index (χ0n) is 9.93. The van der Waals surface area contributed by atoms with Gasteiger partial charge in [0, 0.05) is 11.6 Å². The molecule has 6 heteroatoms. The van der Waals surface area contributed by atoms with Crippen LogP contribution in [0.25, 0.3) is 0 Å². The van der Waals surface area contributed by atoms with Crippen molar-refractivity contribution in [3.8, 4) is 12.3 Å². The van der Waals surface area contributed by atoms with Gasteiger partial charge in [0.1, 0.15) is 0 Å². The van der Waals surface area contributed by atoms with Crippen molar-refractivity contribution in [3.05, 3.63) is 28.8 Å². The predicted octanol–water partition coefficient (Wildman–Crippen LogP) is 1.48. The summed E-state index contributed by atoms with van der Waals surface area (Å²) >= 11 is 5.88. The lowest BCUT2D eigenvalue weighted by atomic mass is 10.2. The molecular weight excluding hydrogens is 274 g/mol. The van der Waals surface area contributed by atoms with Gasteiger partial charge in [0.25, 0.3) is 0 Å². The Balaban J connectivity index is 3.20. The summed E-state index contributed by atoms with van der Waals surface area (Å²) < 4.78 is 25.6. The maximum absolute atomic E-state index is 12.2. The third-order valence-electron chi connectivity index (χ3n) is 2.45. The van der Waals surface area contributed by atoms with Crippen LogP contribution in [0.15, 0.2) is 23.1 Å². The van der Waals surface area contributed by atoms with Gasteiger partial charge in [-0.2, -0.15) is 4.31 Å². The Kier molecular flexibility index (Phi) is 5.17. The summed E-state index contributed by atoms with van der Waals surface area (Å²) in [5, 5.41) is 9.20. The maximum Gasteiger partial charge on any atom is 0.243 e. The van der Waals surface area contributed by atoms with Crippen LogP contribution in [0.4, 0.5) is 0 Å². The molecule has 0 unspecified atom stereocenters. The third-order valence-corrected chi connectivity index (χ3v) is 4.72. The largest absolute Gasteiger partial charge is 0.392 e. The average Bonchev–Trinajstić information content (AvgIpc) is 2.35. The van der Waals surface area contributed by atoms with Gasteiger partial charge >= 0.3 is 0 Å². The molecule has 0 aliphatic rings. The molecule has 0 saturated carbocycles. The van der Waals surface area contributed by atoms with Gasteiger partial charge < -0.3 is 5.11 Å². The molecule has 0 radical (unpaired) electrons. The number of halogens is 1. The molecule has 0 aliphatic heterocycles. The minimum Gasteiger partial charge on any atom is -0.392 e. The van der Waals surface area contributed by atoms with Gasteiger partial charge in [0.2, 0.25) is 10.0 Å². The molecule has 0 aromatic heterocycles. The molecule has 0 fully saturated rings. The SMILES string of the molecule is C#CCN(CC)S(=O)(=O)c1ccc(CO)c(Cl)c1. The second kappa shape index (κ2) is 6.21. The second-order valence-electron chi connectivity index (χ2n) is 3.55. The molecule has 0 aliphatic carbocycles. The molecule has 1 N–H and O–H groups in total. The fourth-order valence-corrected chi connectivity index (χ4v) is 3.13. The van der Waals surface area contributed by atoms with E-state index in [1.54, 1.807) is 6.92 Å². The molecule has 0 heterocycles. The summed E-state index contributed by atoms with van der Waals surface area (Å²) in [5.41, 5.74) is 0.482. The van der Waals surface area contributed by atoms with Crippen molar-refractivity contribution >= 4 is 21.6 Å².